The van der Waals surface area contributed by atoms with Crippen LogP contribution in [0.1, 0.15) is 6.92 Å². The normalized spacial score (nSPS) is 27.2. The molecule has 2 rings (SSSR count). The Labute approximate surface area is 110 Å². The molecule has 2 heterocycles. The smallest absolute Gasteiger partial charge is 0.230 e. The Morgan fingerprint density at radius 1 is 1.00 bits per heavy atom. The van der Waals surface area contributed by atoms with E-state index in [2.05, 4.69) is 16.8 Å². The van der Waals surface area contributed by atoms with E-state index in [-0.39, 0.29) is 0 Å². The summed E-state index contributed by atoms with van der Waals surface area (Å²) in [6, 6.07) is 0. The van der Waals surface area contributed by atoms with E-state index in [1.807, 2.05) is 0 Å². The molecule has 0 aromatic carbocycles. The number of sulfonamides is 1. The molecule has 106 valence electrons. The van der Waals surface area contributed by atoms with Crippen LogP contribution in [0.2, 0.25) is 0 Å². The monoisotopic (exact) mass is 277 g/mol. The zero-order valence-corrected chi connectivity index (χ0v) is 12.0. The summed E-state index contributed by atoms with van der Waals surface area (Å²) in [5, 5.41) is -0.427. The van der Waals surface area contributed by atoms with E-state index in [9.17, 15) is 8.42 Å². The number of hydrogen-bond donors (Lipinski definition) is 0. The number of morpholine rings is 1. The number of likely N-dealkylation sites (N-methyl/N-ethyl adjacent to an activating group) is 1. The molecule has 2 aliphatic heterocycles. The predicted molar refractivity (Wildman–Crippen MR) is 69.8 cm³/mol. The fraction of sp³-hybridized carbons (Fsp3) is 1.00. The van der Waals surface area contributed by atoms with Crippen LogP contribution in [0.15, 0.2) is 0 Å². The van der Waals surface area contributed by atoms with Crippen LogP contribution in [0.25, 0.3) is 0 Å². The summed E-state index contributed by atoms with van der Waals surface area (Å²) in [6.07, 6.45) is 0. The second-order valence-corrected chi connectivity index (χ2v) is 7.22. The Morgan fingerprint density at radius 2 is 1.56 bits per heavy atom. The number of hydrogen-bond acceptors (Lipinski definition) is 5. The highest BCUT2D eigenvalue weighted by molar-refractivity contribution is 7.89. The molecule has 0 radical (unpaired) electrons. The van der Waals surface area contributed by atoms with Crippen molar-refractivity contribution in [3.63, 3.8) is 0 Å². The Bertz CT molecular complexity index is 360. The zero-order chi connectivity index (χ0) is 13.2. The Morgan fingerprint density at radius 3 is 2.11 bits per heavy atom. The molecular formula is C11H23N3O3S. The molecule has 0 bridgehead atoms. The van der Waals surface area contributed by atoms with Gasteiger partial charge in [0, 0.05) is 39.3 Å². The van der Waals surface area contributed by atoms with E-state index in [1.165, 1.54) is 0 Å². The summed E-state index contributed by atoms with van der Waals surface area (Å²) in [6.45, 7) is 7.30. The average molecular weight is 277 g/mol. The summed E-state index contributed by atoms with van der Waals surface area (Å²) in [5.74, 6) is 0. The quantitative estimate of drug-likeness (QED) is 0.679. The second kappa shape index (κ2) is 5.83. The Balaban J connectivity index is 2.00. The number of ether oxygens (including phenoxy) is 1. The van der Waals surface area contributed by atoms with Gasteiger partial charge in [-0.2, -0.15) is 4.31 Å². The first-order valence-electron chi connectivity index (χ1n) is 6.51. The molecule has 1 atom stereocenters. The van der Waals surface area contributed by atoms with Crippen molar-refractivity contribution < 1.29 is 13.2 Å². The largest absolute Gasteiger partial charge is 0.379 e. The van der Waals surface area contributed by atoms with Gasteiger partial charge in [0.05, 0.1) is 13.2 Å². The standard InChI is InChI=1S/C11H23N3O3S/c1-11(13-5-3-12(2)4-6-13)18(15,16)14-7-9-17-10-8-14/h11H,3-10H2,1-2H3. The van der Waals surface area contributed by atoms with Crippen LogP contribution in [0, 0.1) is 0 Å². The minimum Gasteiger partial charge on any atom is -0.379 e. The van der Waals surface area contributed by atoms with Gasteiger partial charge in [-0.1, -0.05) is 0 Å². The molecule has 2 saturated heterocycles. The number of nitrogens with zero attached hydrogens (tertiary/aromatic N) is 3. The lowest BCUT2D eigenvalue weighted by molar-refractivity contribution is 0.0700. The number of rotatable bonds is 3. The third-order valence-corrected chi connectivity index (χ3v) is 6.06. The molecule has 2 fully saturated rings. The SMILES string of the molecule is CC(N1CCN(C)CC1)S(=O)(=O)N1CCOCC1. The minimum atomic E-state index is -3.22. The van der Waals surface area contributed by atoms with E-state index in [1.54, 1.807) is 11.2 Å². The lowest BCUT2D eigenvalue weighted by Crippen LogP contribution is -2.54. The van der Waals surface area contributed by atoms with Crippen LogP contribution >= 0.6 is 0 Å². The molecule has 7 heteroatoms. The van der Waals surface area contributed by atoms with Gasteiger partial charge in [0.2, 0.25) is 10.0 Å². The van der Waals surface area contributed by atoms with Crippen LogP contribution in [0.4, 0.5) is 0 Å². The van der Waals surface area contributed by atoms with Gasteiger partial charge in [0.1, 0.15) is 5.37 Å². The molecule has 6 nitrogen and oxygen atoms in total. The highest BCUT2D eigenvalue weighted by atomic mass is 32.2. The van der Waals surface area contributed by atoms with Gasteiger partial charge in [-0.3, -0.25) is 4.90 Å². The van der Waals surface area contributed by atoms with Gasteiger partial charge >= 0.3 is 0 Å². The first kappa shape index (κ1) is 14.2. The van der Waals surface area contributed by atoms with Crippen molar-refractivity contribution in [3.05, 3.63) is 0 Å². The van der Waals surface area contributed by atoms with Crippen molar-refractivity contribution >= 4 is 10.0 Å². The summed E-state index contributed by atoms with van der Waals surface area (Å²) >= 11 is 0. The first-order chi connectivity index (χ1) is 8.51. The molecule has 0 amide bonds. The van der Waals surface area contributed by atoms with Crippen molar-refractivity contribution in [2.75, 3.05) is 59.5 Å². The molecular weight excluding hydrogens is 254 g/mol. The van der Waals surface area contributed by atoms with Gasteiger partial charge in [-0.25, -0.2) is 8.42 Å². The molecule has 0 aliphatic carbocycles. The topological polar surface area (TPSA) is 53.1 Å². The molecule has 0 aromatic rings. The van der Waals surface area contributed by atoms with E-state index in [4.69, 9.17) is 4.74 Å². The van der Waals surface area contributed by atoms with Crippen LogP contribution in [-0.2, 0) is 14.8 Å². The molecule has 0 aromatic heterocycles. The highest BCUT2D eigenvalue weighted by Gasteiger charge is 2.34. The minimum absolute atomic E-state index is 0.427. The van der Waals surface area contributed by atoms with Crippen LogP contribution in [-0.4, -0.2) is 87.4 Å². The predicted octanol–water partition coefficient (Wildman–Crippen LogP) is -0.758. The maximum absolute atomic E-state index is 12.5. The third-order valence-electron chi connectivity index (χ3n) is 3.81. The summed E-state index contributed by atoms with van der Waals surface area (Å²) in [7, 11) is -1.15. The molecule has 0 N–H and O–H groups in total. The second-order valence-electron chi connectivity index (χ2n) is 4.99. The maximum Gasteiger partial charge on any atom is 0.230 e. The van der Waals surface area contributed by atoms with Gasteiger partial charge < -0.3 is 9.64 Å². The van der Waals surface area contributed by atoms with Crippen molar-refractivity contribution in [2.24, 2.45) is 0 Å². The van der Waals surface area contributed by atoms with Gasteiger partial charge in [-0.15, -0.1) is 0 Å². The molecule has 18 heavy (non-hydrogen) atoms. The van der Waals surface area contributed by atoms with Crippen molar-refractivity contribution in [1.29, 1.82) is 0 Å². The Kier molecular flexibility index (Phi) is 4.60. The van der Waals surface area contributed by atoms with Gasteiger partial charge in [0.25, 0.3) is 0 Å². The Hall–Kier alpha value is -0.210. The van der Waals surface area contributed by atoms with Crippen LogP contribution in [0.5, 0.6) is 0 Å². The molecule has 2 aliphatic rings. The van der Waals surface area contributed by atoms with Crippen molar-refractivity contribution in [2.45, 2.75) is 12.3 Å². The lowest BCUT2D eigenvalue weighted by Gasteiger charge is -2.38. The molecule has 0 saturated carbocycles. The van der Waals surface area contributed by atoms with Crippen LogP contribution < -0.4 is 0 Å². The van der Waals surface area contributed by atoms with Crippen molar-refractivity contribution in [1.82, 2.24) is 14.1 Å². The lowest BCUT2D eigenvalue weighted by atomic mass is 10.3. The third kappa shape index (κ3) is 3.03. The number of piperazine rings is 1. The van der Waals surface area contributed by atoms with Gasteiger partial charge in [-0.05, 0) is 14.0 Å². The zero-order valence-electron chi connectivity index (χ0n) is 11.2. The fourth-order valence-corrected chi connectivity index (χ4v) is 4.07. The van der Waals surface area contributed by atoms with Crippen molar-refractivity contribution in [3.8, 4) is 0 Å². The highest BCUT2D eigenvalue weighted by Crippen LogP contribution is 2.16. The molecule has 1 unspecified atom stereocenters. The van der Waals surface area contributed by atoms with E-state index < -0.39 is 15.4 Å². The van der Waals surface area contributed by atoms with E-state index in [0.29, 0.717) is 26.3 Å². The first-order valence-corrected chi connectivity index (χ1v) is 8.01. The van der Waals surface area contributed by atoms with E-state index >= 15 is 0 Å². The summed E-state index contributed by atoms with van der Waals surface area (Å²) in [4.78, 5) is 4.29. The average Bonchev–Trinajstić information content (AvgIpc) is 2.40. The fourth-order valence-electron chi connectivity index (χ4n) is 2.39. The summed E-state index contributed by atoms with van der Waals surface area (Å²) < 4.78 is 31.7. The summed E-state index contributed by atoms with van der Waals surface area (Å²) in [5.41, 5.74) is 0. The van der Waals surface area contributed by atoms with E-state index in [0.717, 1.165) is 26.2 Å². The molecule has 0 spiro atoms. The van der Waals surface area contributed by atoms with Gasteiger partial charge in [0.15, 0.2) is 0 Å². The van der Waals surface area contributed by atoms with Crippen LogP contribution in [0.3, 0.4) is 0 Å². The maximum atomic E-state index is 12.5.